The number of methoxy groups -OCH3 is 1. The number of halogens is 1. The molecule has 0 N–H and O–H groups in total. The van der Waals surface area contributed by atoms with Crippen LogP contribution >= 0.6 is 0 Å². The molecule has 5 heteroatoms. The highest BCUT2D eigenvalue weighted by Gasteiger charge is 2.52. The Balaban J connectivity index is 1.43. The van der Waals surface area contributed by atoms with E-state index in [1.165, 1.54) is 6.07 Å². The van der Waals surface area contributed by atoms with E-state index >= 15 is 0 Å². The smallest absolute Gasteiger partial charge is 0.188 e. The monoisotopic (exact) mass is 444 g/mol. The molecular formula is C28H29FN2O2. The van der Waals surface area contributed by atoms with Gasteiger partial charge in [0.25, 0.3) is 0 Å². The Bertz CT molecular complexity index is 1170. The number of carbonyl (C=O) groups is 1. The van der Waals surface area contributed by atoms with Gasteiger partial charge in [-0.3, -0.25) is 14.6 Å². The lowest BCUT2D eigenvalue weighted by atomic mass is 9.83. The number of Topliss-reactive ketones (excluding diaryl/α,β-unsaturated/α-hetero) is 1. The molecule has 3 aromatic carbocycles. The topological polar surface area (TPSA) is 32.8 Å². The lowest BCUT2D eigenvalue weighted by Gasteiger charge is -2.45. The van der Waals surface area contributed by atoms with Gasteiger partial charge in [-0.25, -0.2) is 4.39 Å². The summed E-state index contributed by atoms with van der Waals surface area (Å²) in [5, 5.41) is 0. The summed E-state index contributed by atoms with van der Waals surface area (Å²) >= 11 is 0. The molecule has 4 nitrogen and oxygen atoms in total. The second kappa shape index (κ2) is 8.73. The highest BCUT2D eigenvalue weighted by atomic mass is 19.1. The zero-order chi connectivity index (χ0) is 23.0. The maximum Gasteiger partial charge on any atom is 0.188 e. The van der Waals surface area contributed by atoms with Crippen molar-refractivity contribution in [2.24, 2.45) is 0 Å². The number of ether oxygens (including phenoxy) is 1. The van der Waals surface area contributed by atoms with Crippen LogP contribution in [0.3, 0.4) is 0 Å². The molecule has 170 valence electrons. The van der Waals surface area contributed by atoms with E-state index in [1.807, 2.05) is 49.4 Å². The normalized spacial score (nSPS) is 21.2. The van der Waals surface area contributed by atoms with Crippen LogP contribution in [-0.2, 0) is 18.5 Å². The van der Waals surface area contributed by atoms with E-state index in [2.05, 4.69) is 21.9 Å². The molecule has 1 saturated heterocycles. The Morgan fingerprint density at radius 1 is 0.970 bits per heavy atom. The molecule has 1 aliphatic carbocycles. The summed E-state index contributed by atoms with van der Waals surface area (Å²) in [6.07, 6.45) is 0.609. The summed E-state index contributed by atoms with van der Waals surface area (Å²) < 4.78 is 19.4. The number of rotatable bonds is 5. The van der Waals surface area contributed by atoms with Crippen LogP contribution in [0.2, 0.25) is 0 Å². The fraction of sp³-hybridized carbons (Fsp3) is 0.321. The van der Waals surface area contributed by atoms with Crippen LogP contribution < -0.4 is 4.74 Å². The van der Waals surface area contributed by atoms with Crippen molar-refractivity contribution in [3.63, 3.8) is 0 Å². The molecule has 0 bridgehead atoms. The van der Waals surface area contributed by atoms with Gasteiger partial charge in [0, 0.05) is 50.3 Å². The van der Waals surface area contributed by atoms with Crippen molar-refractivity contribution >= 4 is 5.78 Å². The zero-order valence-corrected chi connectivity index (χ0v) is 19.2. The number of fused-ring (bicyclic) bond motifs is 1. The molecule has 0 aromatic heterocycles. The Morgan fingerprint density at radius 2 is 1.73 bits per heavy atom. The fourth-order valence-corrected chi connectivity index (χ4v) is 5.43. The molecule has 5 rings (SSSR count). The van der Waals surface area contributed by atoms with E-state index in [9.17, 15) is 9.18 Å². The van der Waals surface area contributed by atoms with E-state index in [-0.39, 0.29) is 11.6 Å². The van der Waals surface area contributed by atoms with Crippen molar-refractivity contribution < 1.29 is 13.9 Å². The predicted molar refractivity (Wildman–Crippen MR) is 127 cm³/mol. The van der Waals surface area contributed by atoms with Crippen LogP contribution in [0.15, 0.2) is 66.7 Å². The molecule has 3 aromatic rings. The maximum absolute atomic E-state index is 14.0. The van der Waals surface area contributed by atoms with Gasteiger partial charge in [-0.2, -0.15) is 0 Å². The first-order valence-electron chi connectivity index (χ1n) is 11.5. The number of carbonyl (C=O) groups excluding carboxylic acids is 1. The van der Waals surface area contributed by atoms with E-state index in [1.54, 1.807) is 13.2 Å². The molecule has 33 heavy (non-hydrogen) atoms. The van der Waals surface area contributed by atoms with E-state index in [4.69, 9.17) is 4.74 Å². The molecule has 0 amide bonds. The number of hydrogen-bond acceptors (Lipinski definition) is 4. The first kappa shape index (κ1) is 21.8. The summed E-state index contributed by atoms with van der Waals surface area (Å²) in [7, 11) is 1.66. The third-order valence-electron chi connectivity index (χ3n) is 7.27. The van der Waals surface area contributed by atoms with Crippen molar-refractivity contribution in [1.82, 2.24) is 9.80 Å². The minimum absolute atomic E-state index is 0.150. The highest BCUT2D eigenvalue weighted by molar-refractivity contribution is 6.08. The average Bonchev–Trinajstić information content (AvgIpc) is 3.16. The first-order chi connectivity index (χ1) is 16.0. The number of hydrogen-bond donors (Lipinski definition) is 0. The Labute approximate surface area is 194 Å². The van der Waals surface area contributed by atoms with Crippen molar-refractivity contribution in [2.75, 3.05) is 33.3 Å². The Hall–Kier alpha value is -3.02. The molecule has 1 atom stereocenters. The summed E-state index contributed by atoms with van der Waals surface area (Å²) in [5.74, 6) is 0.733. The predicted octanol–water partition coefficient (Wildman–Crippen LogP) is 4.59. The van der Waals surface area contributed by atoms with Crippen molar-refractivity contribution in [2.45, 2.75) is 25.4 Å². The molecule has 1 aliphatic heterocycles. The van der Waals surface area contributed by atoms with Gasteiger partial charge in [0.05, 0.1) is 7.11 Å². The first-order valence-corrected chi connectivity index (χ1v) is 11.5. The standard InChI is InChI=1S/C28H29FN2O2/c1-20-11-12-23(29)17-21(20)19-30-13-15-31(16-14-30)28(22-7-4-3-5-8-22)18-25-24(27(28)32)9-6-10-26(25)33-2/h3-12,17H,13-16,18-19H2,1-2H3. The highest BCUT2D eigenvalue weighted by Crippen LogP contribution is 2.45. The molecule has 0 spiro atoms. The van der Waals surface area contributed by atoms with E-state index in [0.717, 1.165) is 66.3 Å². The second-order valence-corrected chi connectivity index (χ2v) is 9.05. The van der Waals surface area contributed by atoms with Gasteiger partial charge in [-0.15, -0.1) is 0 Å². The molecule has 1 unspecified atom stereocenters. The average molecular weight is 445 g/mol. The quantitative estimate of drug-likeness (QED) is 0.576. The largest absolute Gasteiger partial charge is 0.496 e. The van der Waals surface area contributed by atoms with Crippen LogP contribution in [-0.4, -0.2) is 48.9 Å². The van der Waals surface area contributed by atoms with E-state index in [0.29, 0.717) is 6.42 Å². The second-order valence-electron chi connectivity index (χ2n) is 9.05. The Kier molecular flexibility index (Phi) is 5.77. The SMILES string of the molecule is COc1cccc2c1CC(c1ccccc1)(N1CCN(Cc3cc(F)ccc3C)CC1)C2=O. The summed E-state index contributed by atoms with van der Waals surface area (Å²) in [6, 6.07) is 20.9. The number of benzene rings is 3. The summed E-state index contributed by atoms with van der Waals surface area (Å²) in [4.78, 5) is 18.7. The third kappa shape index (κ3) is 3.75. The van der Waals surface area contributed by atoms with Gasteiger partial charge in [-0.1, -0.05) is 48.5 Å². The van der Waals surface area contributed by atoms with Crippen LogP contribution in [0.25, 0.3) is 0 Å². The molecule has 0 radical (unpaired) electrons. The van der Waals surface area contributed by atoms with Crippen LogP contribution in [0, 0.1) is 12.7 Å². The van der Waals surface area contributed by atoms with Gasteiger partial charge >= 0.3 is 0 Å². The maximum atomic E-state index is 14.0. The minimum Gasteiger partial charge on any atom is -0.496 e. The van der Waals surface area contributed by atoms with Crippen molar-refractivity contribution in [1.29, 1.82) is 0 Å². The minimum atomic E-state index is -0.723. The molecule has 2 aliphatic rings. The lowest BCUT2D eigenvalue weighted by Crippen LogP contribution is -2.58. The van der Waals surface area contributed by atoms with E-state index < -0.39 is 5.54 Å². The molecule has 1 heterocycles. The fourth-order valence-electron chi connectivity index (χ4n) is 5.43. The van der Waals surface area contributed by atoms with Gasteiger partial charge in [-0.05, 0) is 41.8 Å². The van der Waals surface area contributed by atoms with Crippen molar-refractivity contribution in [3.8, 4) is 5.75 Å². The van der Waals surface area contributed by atoms with Gasteiger partial charge in [0.15, 0.2) is 5.78 Å². The zero-order valence-electron chi connectivity index (χ0n) is 19.2. The van der Waals surface area contributed by atoms with Gasteiger partial charge < -0.3 is 4.74 Å². The lowest BCUT2D eigenvalue weighted by molar-refractivity contribution is 0.0287. The van der Waals surface area contributed by atoms with Crippen LogP contribution in [0.1, 0.15) is 32.6 Å². The number of piperazine rings is 1. The molecular weight excluding hydrogens is 415 g/mol. The third-order valence-corrected chi connectivity index (χ3v) is 7.27. The molecule has 0 saturated carbocycles. The number of ketones is 1. The number of aryl methyl sites for hydroxylation is 1. The van der Waals surface area contributed by atoms with Crippen LogP contribution in [0.4, 0.5) is 4.39 Å². The van der Waals surface area contributed by atoms with Crippen LogP contribution in [0.5, 0.6) is 5.75 Å². The van der Waals surface area contributed by atoms with Crippen molar-refractivity contribution in [3.05, 3.63) is 100 Å². The summed E-state index contributed by atoms with van der Waals surface area (Å²) in [5.41, 5.74) is 4.19. The van der Waals surface area contributed by atoms with Gasteiger partial charge in [0.1, 0.15) is 17.1 Å². The molecule has 1 fully saturated rings. The van der Waals surface area contributed by atoms with Gasteiger partial charge in [0.2, 0.25) is 0 Å². The Morgan fingerprint density at radius 3 is 2.45 bits per heavy atom. The summed E-state index contributed by atoms with van der Waals surface area (Å²) in [6.45, 7) is 5.93. The number of nitrogens with zero attached hydrogens (tertiary/aromatic N) is 2.